The number of amides is 1. The molecule has 26 heavy (non-hydrogen) atoms. The van der Waals surface area contributed by atoms with Crippen molar-refractivity contribution in [1.82, 2.24) is 10.0 Å². The summed E-state index contributed by atoms with van der Waals surface area (Å²) in [5, 5.41) is 2.52. The molecule has 2 aromatic rings. The molecule has 0 bridgehead atoms. The standard InChI is InChI=1S/C16H15N3O6S/c20-14(17-8-11-4-3-7-24-11)10-25-15(21)9-18-16-12-5-1-2-6-13(12)26(22,23)19-16/h1-7H,8-10H2,(H,17,20)(H,18,19). The Bertz CT molecular complexity index is 950. The lowest BCUT2D eigenvalue weighted by molar-refractivity contribution is -0.147. The van der Waals surface area contributed by atoms with Gasteiger partial charge in [-0.3, -0.25) is 19.3 Å². The number of nitrogens with one attached hydrogen (secondary N) is 2. The van der Waals surface area contributed by atoms with Crippen LogP contribution in [0, 0.1) is 0 Å². The lowest BCUT2D eigenvalue weighted by Crippen LogP contribution is -2.29. The average Bonchev–Trinajstić information content (AvgIpc) is 3.23. The van der Waals surface area contributed by atoms with Gasteiger partial charge in [0, 0.05) is 5.56 Å². The molecule has 1 aliphatic rings. The van der Waals surface area contributed by atoms with Crippen LogP contribution < -0.4 is 10.0 Å². The van der Waals surface area contributed by atoms with E-state index >= 15 is 0 Å². The maximum Gasteiger partial charge on any atom is 0.328 e. The van der Waals surface area contributed by atoms with Gasteiger partial charge >= 0.3 is 5.97 Å². The molecule has 9 nitrogen and oxygen atoms in total. The van der Waals surface area contributed by atoms with Gasteiger partial charge in [-0.25, -0.2) is 8.42 Å². The maximum atomic E-state index is 11.9. The minimum Gasteiger partial charge on any atom is -0.467 e. The monoisotopic (exact) mass is 377 g/mol. The summed E-state index contributed by atoms with van der Waals surface area (Å²) < 4.78 is 36.0. The smallest absolute Gasteiger partial charge is 0.328 e. The van der Waals surface area contributed by atoms with Gasteiger partial charge in [0.15, 0.2) is 6.61 Å². The topological polar surface area (TPSA) is 127 Å². The van der Waals surface area contributed by atoms with Crippen LogP contribution in [0.25, 0.3) is 0 Å². The summed E-state index contributed by atoms with van der Waals surface area (Å²) in [6, 6.07) is 9.68. The largest absolute Gasteiger partial charge is 0.467 e. The summed E-state index contributed by atoms with van der Waals surface area (Å²) >= 11 is 0. The van der Waals surface area contributed by atoms with Crippen LogP contribution in [-0.2, 0) is 30.9 Å². The van der Waals surface area contributed by atoms with Crippen LogP contribution in [-0.4, -0.2) is 39.3 Å². The second kappa shape index (κ2) is 7.40. The third kappa shape index (κ3) is 4.09. The van der Waals surface area contributed by atoms with E-state index < -0.39 is 35.1 Å². The quantitative estimate of drug-likeness (QED) is 0.691. The number of hydrogen-bond acceptors (Lipinski definition) is 7. The highest BCUT2D eigenvalue weighted by Crippen LogP contribution is 2.21. The molecule has 1 aromatic carbocycles. The molecule has 0 atom stereocenters. The summed E-state index contributed by atoms with van der Waals surface area (Å²) in [4.78, 5) is 27.3. The van der Waals surface area contributed by atoms with E-state index in [0.29, 0.717) is 11.3 Å². The van der Waals surface area contributed by atoms with E-state index in [1.807, 2.05) is 0 Å². The minimum absolute atomic E-state index is 0.0693. The molecule has 0 aliphatic carbocycles. The molecule has 0 saturated carbocycles. The first-order valence-corrected chi connectivity index (χ1v) is 9.05. The van der Waals surface area contributed by atoms with Gasteiger partial charge < -0.3 is 14.5 Å². The highest BCUT2D eigenvalue weighted by molar-refractivity contribution is 7.90. The predicted octanol–water partition coefficient (Wildman–Crippen LogP) is 0.178. The molecule has 136 valence electrons. The van der Waals surface area contributed by atoms with Crippen LogP contribution in [0.5, 0.6) is 0 Å². The van der Waals surface area contributed by atoms with Crippen molar-refractivity contribution < 1.29 is 27.2 Å². The van der Waals surface area contributed by atoms with Crippen molar-refractivity contribution in [3.8, 4) is 0 Å². The van der Waals surface area contributed by atoms with Crippen LogP contribution in [0.15, 0.2) is 57.0 Å². The summed E-state index contributed by atoms with van der Waals surface area (Å²) in [5.41, 5.74) is 0.386. The molecule has 0 spiro atoms. The van der Waals surface area contributed by atoms with Gasteiger partial charge in [0.25, 0.3) is 15.9 Å². The van der Waals surface area contributed by atoms with Crippen LogP contribution in [0.4, 0.5) is 0 Å². The zero-order chi connectivity index (χ0) is 18.6. The highest BCUT2D eigenvalue weighted by Gasteiger charge is 2.30. The number of rotatable bonds is 6. The Morgan fingerprint density at radius 2 is 2.00 bits per heavy atom. The number of esters is 1. The number of fused-ring (bicyclic) bond motifs is 1. The first-order valence-electron chi connectivity index (χ1n) is 7.57. The molecular formula is C16H15N3O6S. The molecule has 3 rings (SSSR count). The third-order valence-electron chi connectivity index (χ3n) is 3.43. The van der Waals surface area contributed by atoms with Crippen molar-refractivity contribution in [2.45, 2.75) is 11.4 Å². The van der Waals surface area contributed by atoms with Crippen LogP contribution in [0.3, 0.4) is 0 Å². The number of furan rings is 1. The number of ether oxygens (including phenoxy) is 1. The normalized spacial score (nSPS) is 15.9. The average molecular weight is 377 g/mol. The van der Waals surface area contributed by atoms with E-state index in [-0.39, 0.29) is 17.3 Å². The molecule has 2 heterocycles. The molecular weight excluding hydrogens is 362 g/mol. The predicted molar refractivity (Wildman–Crippen MR) is 89.7 cm³/mol. The van der Waals surface area contributed by atoms with Gasteiger partial charge in [-0.2, -0.15) is 0 Å². The molecule has 0 radical (unpaired) electrons. The molecule has 0 unspecified atom stereocenters. The van der Waals surface area contributed by atoms with Gasteiger partial charge in [0.2, 0.25) is 0 Å². The number of carbonyl (C=O) groups is 2. The summed E-state index contributed by atoms with van der Waals surface area (Å²) in [7, 11) is -3.66. The second-order valence-corrected chi connectivity index (χ2v) is 6.93. The summed E-state index contributed by atoms with van der Waals surface area (Å²) in [5.74, 6) is -0.605. The first-order chi connectivity index (χ1) is 12.5. The van der Waals surface area contributed by atoms with Crippen LogP contribution in [0.1, 0.15) is 11.3 Å². The molecule has 2 N–H and O–H groups in total. The van der Waals surface area contributed by atoms with E-state index in [9.17, 15) is 18.0 Å². The lowest BCUT2D eigenvalue weighted by atomic mass is 10.2. The molecule has 1 aromatic heterocycles. The molecule has 0 fully saturated rings. The number of benzene rings is 1. The SMILES string of the molecule is O=C(COC(=O)CN=C1NS(=O)(=O)c2ccccc21)NCc1ccco1. The van der Waals surface area contributed by atoms with E-state index in [4.69, 9.17) is 9.15 Å². The maximum absolute atomic E-state index is 11.9. The number of aliphatic imine (C=N–C) groups is 1. The number of hydrogen-bond donors (Lipinski definition) is 2. The van der Waals surface area contributed by atoms with Gasteiger partial charge in [-0.1, -0.05) is 12.1 Å². The van der Waals surface area contributed by atoms with Crippen molar-refractivity contribution in [2.24, 2.45) is 4.99 Å². The fourth-order valence-corrected chi connectivity index (χ4v) is 3.49. The van der Waals surface area contributed by atoms with Gasteiger partial charge in [0.05, 0.1) is 17.7 Å². The van der Waals surface area contributed by atoms with Gasteiger partial charge in [0.1, 0.15) is 18.1 Å². The first kappa shape index (κ1) is 17.7. The molecule has 10 heteroatoms. The Balaban J connectivity index is 1.50. The fraction of sp³-hybridized carbons (Fsp3) is 0.188. The number of nitrogens with zero attached hydrogens (tertiary/aromatic N) is 1. The highest BCUT2D eigenvalue weighted by atomic mass is 32.2. The Morgan fingerprint density at radius 1 is 1.19 bits per heavy atom. The number of amidine groups is 1. The molecule has 1 amide bonds. The van der Waals surface area contributed by atoms with E-state index in [0.717, 1.165) is 0 Å². The van der Waals surface area contributed by atoms with E-state index in [1.54, 1.807) is 30.3 Å². The third-order valence-corrected chi connectivity index (χ3v) is 4.83. The minimum atomic E-state index is -3.66. The van der Waals surface area contributed by atoms with Crippen molar-refractivity contribution in [1.29, 1.82) is 0 Å². The van der Waals surface area contributed by atoms with Crippen LogP contribution >= 0.6 is 0 Å². The Labute approximate surface area is 149 Å². The molecule has 0 saturated heterocycles. The van der Waals surface area contributed by atoms with Crippen LogP contribution in [0.2, 0.25) is 0 Å². The Hall–Kier alpha value is -3.14. The zero-order valence-electron chi connectivity index (χ0n) is 13.5. The fourth-order valence-electron chi connectivity index (χ4n) is 2.24. The number of sulfonamides is 1. The van der Waals surface area contributed by atoms with Crippen molar-refractivity contribution >= 4 is 27.7 Å². The number of carbonyl (C=O) groups excluding carboxylic acids is 2. The Morgan fingerprint density at radius 3 is 2.77 bits per heavy atom. The Kier molecular flexibility index (Phi) is 5.03. The molecule has 1 aliphatic heterocycles. The van der Waals surface area contributed by atoms with E-state index in [1.165, 1.54) is 12.3 Å². The van der Waals surface area contributed by atoms with Crippen molar-refractivity contribution in [3.63, 3.8) is 0 Å². The summed E-state index contributed by atoms with van der Waals surface area (Å²) in [6.45, 7) is -0.700. The lowest BCUT2D eigenvalue weighted by Gasteiger charge is -2.04. The van der Waals surface area contributed by atoms with Gasteiger partial charge in [-0.15, -0.1) is 0 Å². The summed E-state index contributed by atoms with van der Waals surface area (Å²) in [6.07, 6.45) is 1.48. The van der Waals surface area contributed by atoms with Gasteiger partial charge in [-0.05, 0) is 24.3 Å². The zero-order valence-corrected chi connectivity index (χ0v) is 14.3. The van der Waals surface area contributed by atoms with E-state index in [2.05, 4.69) is 15.0 Å². The second-order valence-electron chi connectivity index (χ2n) is 5.28. The van der Waals surface area contributed by atoms with Crippen molar-refractivity contribution in [3.05, 3.63) is 54.0 Å². The van der Waals surface area contributed by atoms with Crippen molar-refractivity contribution in [2.75, 3.05) is 13.2 Å².